The molecule has 2 heterocycles. The molecule has 2 aromatic heterocycles. The van der Waals surface area contributed by atoms with Gasteiger partial charge < -0.3 is 14.5 Å². The van der Waals surface area contributed by atoms with E-state index < -0.39 is 17.1 Å². The van der Waals surface area contributed by atoms with Gasteiger partial charge in [-0.25, -0.2) is 28.5 Å². The van der Waals surface area contributed by atoms with Crippen LogP contribution in [-0.2, 0) is 6.61 Å². The Bertz CT molecular complexity index is 1680. The van der Waals surface area contributed by atoms with Gasteiger partial charge in [0.25, 0.3) is 0 Å². The van der Waals surface area contributed by atoms with Crippen LogP contribution in [0.1, 0.15) is 11.4 Å². The minimum absolute atomic E-state index is 0.0929. The zero-order valence-electron chi connectivity index (χ0n) is 19.2. The summed E-state index contributed by atoms with van der Waals surface area (Å²) in [7, 11) is 0. The van der Waals surface area contributed by atoms with Crippen molar-refractivity contribution < 1.29 is 9.47 Å². The van der Waals surface area contributed by atoms with Gasteiger partial charge in [0.1, 0.15) is 18.2 Å². The molecule has 0 amide bonds. The van der Waals surface area contributed by atoms with Crippen molar-refractivity contribution in [2.75, 3.05) is 0 Å². The first kappa shape index (κ1) is 22.7. The summed E-state index contributed by atoms with van der Waals surface area (Å²) < 4.78 is 13.7. The zero-order chi connectivity index (χ0) is 25.1. The molecule has 36 heavy (non-hydrogen) atoms. The molecular weight excluding hydrogens is 462 g/mol. The quantitative estimate of drug-likeness (QED) is 0.367. The monoisotopic (exact) mass is 483 g/mol. The van der Waals surface area contributed by atoms with Gasteiger partial charge in [0.05, 0.1) is 11.4 Å². The molecule has 3 aromatic carbocycles. The van der Waals surface area contributed by atoms with Gasteiger partial charge in [-0.1, -0.05) is 30.3 Å². The number of ether oxygens (including phenoxy) is 2. The number of benzene rings is 3. The maximum atomic E-state index is 13.4. The van der Waals surface area contributed by atoms with Gasteiger partial charge in [-0.3, -0.25) is 4.98 Å². The lowest BCUT2D eigenvalue weighted by molar-refractivity contribution is 0.283. The highest BCUT2D eigenvalue weighted by Gasteiger charge is 2.16. The number of aryl methyl sites for hydroxylation is 1. The van der Waals surface area contributed by atoms with E-state index in [-0.39, 0.29) is 18.0 Å². The molecule has 0 unspecified atom stereocenters. The SMILES string of the molecule is Cc1cccc(-n2c(=O)[nH]c(=O)n(-c3ccc(Oc4ccccc4)c(OCc4ncc[nH]4)c3)c2=O)c1. The summed E-state index contributed by atoms with van der Waals surface area (Å²) >= 11 is 0. The van der Waals surface area contributed by atoms with Crippen molar-refractivity contribution in [2.45, 2.75) is 13.5 Å². The molecule has 0 saturated carbocycles. The number of nitrogens with one attached hydrogen (secondary N) is 2. The molecule has 180 valence electrons. The van der Waals surface area contributed by atoms with Gasteiger partial charge in [-0.15, -0.1) is 0 Å². The smallest absolute Gasteiger partial charge is 0.345 e. The Hall–Kier alpha value is -5.12. The summed E-state index contributed by atoms with van der Waals surface area (Å²) in [4.78, 5) is 48.0. The van der Waals surface area contributed by atoms with E-state index in [1.165, 1.54) is 6.07 Å². The number of rotatable bonds is 7. The minimum atomic E-state index is -0.873. The molecule has 5 aromatic rings. The molecule has 0 saturated heterocycles. The number of imidazole rings is 1. The summed E-state index contributed by atoms with van der Waals surface area (Å²) in [5.41, 5.74) is -1.13. The minimum Gasteiger partial charge on any atom is -0.482 e. The summed E-state index contributed by atoms with van der Waals surface area (Å²) in [6, 6.07) is 20.6. The Labute approximate surface area is 204 Å². The lowest BCUT2D eigenvalue weighted by Gasteiger charge is -2.15. The second-order valence-electron chi connectivity index (χ2n) is 7.90. The van der Waals surface area contributed by atoms with E-state index >= 15 is 0 Å². The Kier molecular flexibility index (Phi) is 6.06. The molecule has 0 atom stereocenters. The van der Waals surface area contributed by atoms with Crippen molar-refractivity contribution in [1.82, 2.24) is 24.1 Å². The van der Waals surface area contributed by atoms with Crippen molar-refractivity contribution in [3.05, 3.63) is 128 Å². The van der Waals surface area contributed by atoms with Crippen LogP contribution in [0, 0.1) is 6.92 Å². The Balaban J connectivity index is 1.61. The van der Waals surface area contributed by atoms with Crippen LogP contribution in [0.2, 0.25) is 0 Å². The van der Waals surface area contributed by atoms with Gasteiger partial charge in [0.15, 0.2) is 11.5 Å². The van der Waals surface area contributed by atoms with Crippen LogP contribution in [0.25, 0.3) is 11.4 Å². The van der Waals surface area contributed by atoms with E-state index in [1.807, 2.05) is 31.2 Å². The van der Waals surface area contributed by atoms with Crippen molar-refractivity contribution >= 4 is 0 Å². The molecule has 0 aliphatic rings. The van der Waals surface area contributed by atoms with Crippen LogP contribution < -0.4 is 26.5 Å². The largest absolute Gasteiger partial charge is 0.482 e. The highest BCUT2D eigenvalue weighted by atomic mass is 16.5. The molecule has 0 aliphatic heterocycles. The average molecular weight is 483 g/mol. The van der Waals surface area contributed by atoms with Crippen molar-refractivity contribution in [3.8, 4) is 28.6 Å². The molecule has 2 N–H and O–H groups in total. The number of hydrogen-bond donors (Lipinski definition) is 2. The van der Waals surface area contributed by atoms with Crippen LogP contribution in [0.4, 0.5) is 0 Å². The maximum Gasteiger partial charge on any atom is 0.345 e. The maximum absolute atomic E-state index is 13.4. The van der Waals surface area contributed by atoms with Gasteiger partial charge in [0, 0.05) is 18.5 Å². The van der Waals surface area contributed by atoms with Crippen molar-refractivity contribution in [2.24, 2.45) is 0 Å². The summed E-state index contributed by atoms with van der Waals surface area (Å²) in [5, 5.41) is 0. The van der Waals surface area contributed by atoms with Gasteiger partial charge in [-0.05, 0) is 48.9 Å². The summed E-state index contributed by atoms with van der Waals surface area (Å²) in [6.45, 7) is 1.93. The van der Waals surface area contributed by atoms with Crippen LogP contribution in [0.5, 0.6) is 17.2 Å². The first-order valence-corrected chi connectivity index (χ1v) is 11.0. The van der Waals surface area contributed by atoms with Crippen molar-refractivity contribution in [3.63, 3.8) is 0 Å². The first-order valence-electron chi connectivity index (χ1n) is 11.0. The van der Waals surface area contributed by atoms with Crippen LogP contribution in [0.15, 0.2) is 99.6 Å². The predicted molar refractivity (Wildman–Crippen MR) is 132 cm³/mol. The Morgan fingerprint density at radius 3 is 2.28 bits per heavy atom. The normalized spacial score (nSPS) is 10.8. The molecule has 0 aliphatic carbocycles. The molecule has 0 fully saturated rings. The fourth-order valence-corrected chi connectivity index (χ4v) is 3.67. The molecule has 10 nitrogen and oxygen atoms in total. The van der Waals surface area contributed by atoms with Gasteiger partial charge >= 0.3 is 17.1 Å². The molecule has 0 spiro atoms. The average Bonchev–Trinajstić information content (AvgIpc) is 3.38. The van der Waals surface area contributed by atoms with Crippen LogP contribution in [0.3, 0.4) is 0 Å². The first-order chi connectivity index (χ1) is 17.5. The number of aromatic amines is 2. The number of H-pyrrole nitrogens is 2. The molecular formula is C26H21N5O5. The summed E-state index contributed by atoms with van der Waals surface area (Å²) in [5.74, 6) is 1.80. The predicted octanol–water partition coefficient (Wildman–Crippen LogP) is 3.08. The fourth-order valence-electron chi connectivity index (χ4n) is 3.67. The standard InChI is InChI=1S/C26H21N5O5/c1-17-6-5-7-18(14-17)30-24(32)29-25(33)31(26(30)34)19-10-11-21(36-20-8-3-2-4-9-20)22(15-19)35-16-23-27-12-13-28-23/h2-15H,16H2,1H3,(H,27,28)(H,29,32,33). The lowest BCUT2D eigenvalue weighted by Crippen LogP contribution is -2.48. The summed E-state index contributed by atoms with van der Waals surface area (Å²) in [6.07, 6.45) is 3.27. The van der Waals surface area contributed by atoms with Crippen molar-refractivity contribution in [1.29, 1.82) is 0 Å². The number of aromatic nitrogens is 5. The Morgan fingerprint density at radius 2 is 1.58 bits per heavy atom. The topological polar surface area (TPSA) is 124 Å². The zero-order valence-corrected chi connectivity index (χ0v) is 19.2. The third kappa shape index (κ3) is 4.60. The van der Waals surface area contributed by atoms with Crippen LogP contribution in [-0.4, -0.2) is 24.1 Å². The highest BCUT2D eigenvalue weighted by molar-refractivity contribution is 5.50. The molecule has 0 radical (unpaired) electrons. The Morgan fingerprint density at radius 1 is 0.833 bits per heavy atom. The molecule has 0 bridgehead atoms. The second-order valence-corrected chi connectivity index (χ2v) is 7.90. The van der Waals surface area contributed by atoms with Gasteiger partial charge in [0.2, 0.25) is 0 Å². The van der Waals surface area contributed by atoms with Gasteiger partial charge in [-0.2, -0.15) is 0 Å². The third-order valence-corrected chi connectivity index (χ3v) is 5.34. The van der Waals surface area contributed by atoms with E-state index in [0.717, 1.165) is 14.7 Å². The van der Waals surface area contributed by atoms with Crippen LogP contribution >= 0.6 is 0 Å². The van der Waals surface area contributed by atoms with E-state index in [9.17, 15) is 14.4 Å². The number of para-hydroxylation sites is 1. The fraction of sp³-hybridized carbons (Fsp3) is 0.0769. The molecule has 5 rings (SSSR count). The lowest BCUT2D eigenvalue weighted by atomic mass is 10.2. The third-order valence-electron chi connectivity index (χ3n) is 5.34. The van der Waals surface area contributed by atoms with E-state index in [1.54, 1.807) is 54.9 Å². The number of hydrogen-bond acceptors (Lipinski definition) is 6. The van der Waals surface area contributed by atoms with E-state index in [2.05, 4.69) is 15.0 Å². The van der Waals surface area contributed by atoms with E-state index in [4.69, 9.17) is 9.47 Å². The highest BCUT2D eigenvalue weighted by Crippen LogP contribution is 2.33. The molecule has 10 heteroatoms. The second kappa shape index (κ2) is 9.63. The van der Waals surface area contributed by atoms with E-state index in [0.29, 0.717) is 23.0 Å². The number of nitrogens with zero attached hydrogens (tertiary/aromatic N) is 3.